The third-order valence-electron chi connectivity index (χ3n) is 1.40. The van der Waals surface area contributed by atoms with Gasteiger partial charge >= 0.3 is 12.1 Å². The molecule has 0 amide bonds. The second kappa shape index (κ2) is 6.84. The van der Waals surface area contributed by atoms with Crippen molar-refractivity contribution >= 4 is 5.97 Å². The molecule has 0 aliphatic rings. The Balaban J connectivity index is 0.000000293. The molecule has 0 aliphatic heterocycles. The Morgan fingerprint density at radius 1 is 1.31 bits per heavy atom. The molecule has 0 spiro atoms. The highest BCUT2D eigenvalue weighted by molar-refractivity contribution is 5.73. The maximum Gasteiger partial charge on any atom is 0.490 e. The minimum atomic E-state index is -5.08. The molecule has 0 saturated heterocycles. The van der Waals surface area contributed by atoms with Crippen LogP contribution in [0, 0.1) is 0 Å². The van der Waals surface area contributed by atoms with E-state index in [2.05, 4.69) is 0 Å². The lowest BCUT2D eigenvalue weighted by Crippen LogP contribution is -2.21. The first-order chi connectivity index (χ1) is 7.38. The first kappa shape index (κ1) is 14.4. The fraction of sp³-hybridized carbons (Fsp3) is 0.300. The average Bonchev–Trinajstić information content (AvgIpc) is 2.19. The summed E-state index contributed by atoms with van der Waals surface area (Å²) in [6.45, 7) is 0.709. The molecule has 90 valence electrons. The second-order valence-corrected chi connectivity index (χ2v) is 2.72. The predicted octanol–water partition coefficient (Wildman–Crippen LogP) is 2.47. The van der Waals surface area contributed by atoms with Crippen LogP contribution in [0.5, 0.6) is 0 Å². The smallest absolute Gasteiger partial charge is 0.475 e. The first-order valence-electron chi connectivity index (χ1n) is 4.21. The predicted molar refractivity (Wildman–Crippen MR) is 50.8 cm³/mol. The molecule has 1 rings (SSSR count). The van der Waals surface area contributed by atoms with Crippen LogP contribution < -0.4 is 0 Å². The van der Waals surface area contributed by atoms with Gasteiger partial charge in [0.05, 0.1) is 6.61 Å². The molecule has 0 aromatic heterocycles. The molecule has 3 nitrogen and oxygen atoms in total. The van der Waals surface area contributed by atoms with Crippen LogP contribution in [0.2, 0.25) is 0 Å². The molecule has 0 radical (unpaired) electrons. The summed E-state index contributed by atoms with van der Waals surface area (Å²) in [6.07, 6.45) is -5.08. The van der Waals surface area contributed by atoms with E-state index in [0.717, 1.165) is 0 Å². The summed E-state index contributed by atoms with van der Waals surface area (Å²) in [7, 11) is 1.70. The molecule has 1 N–H and O–H groups in total. The van der Waals surface area contributed by atoms with Crippen LogP contribution in [0.4, 0.5) is 13.2 Å². The van der Waals surface area contributed by atoms with Crippen molar-refractivity contribution in [3.8, 4) is 0 Å². The summed E-state index contributed by atoms with van der Waals surface area (Å²) in [5, 5.41) is 7.12. The van der Waals surface area contributed by atoms with E-state index >= 15 is 0 Å². The largest absolute Gasteiger partial charge is 0.490 e. The van der Waals surface area contributed by atoms with E-state index in [1.807, 2.05) is 30.3 Å². The first-order valence-corrected chi connectivity index (χ1v) is 4.21. The number of rotatable bonds is 2. The van der Waals surface area contributed by atoms with Crippen molar-refractivity contribution in [2.45, 2.75) is 12.8 Å². The normalized spacial score (nSPS) is 10.2. The highest BCUT2D eigenvalue weighted by atomic mass is 19.4. The zero-order chi connectivity index (χ0) is 12.6. The molecule has 0 unspecified atom stereocenters. The Morgan fingerprint density at radius 2 is 1.75 bits per heavy atom. The molecule has 0 aliphatic carbocycles. The van der Waals surface area contributed by atoms with Crippen molar-refractivity contribution in [1.82, 2.24) is 0 Å². The number of benzene rings is 1. The van der Waals surface area contributed by atoms with Crippen LogP contribution in [0.3, 0.4) is 0 Å². The van der Waals surface area contributed by atoms with Gasteiger partial charge in [-0.1, -0.05) is 30.3 Å². The van der Waals surface area contributed by atoms with Gasteiger partial charge in [0.25, 0.3) is 0 Å². The summed E-state index contributed by atoms with van der Waals surface area (Å²) >= 11 is 0. The molecule has 6 heteroatoms. The molecule has 0 fully saturated rings. The van der Waals surface area contributed by atoms with Crippen LogP contribution in [-0.4, -0.2) is 24.4 Å². The molecule has 0 bridgehead atoms. The minimum Gasteiger partial charge on any atom is -0.475 e. The van der Waals surface area contributed by atoms with E-state index in [0.29, 0.717) is 6.61 Å². The van der Waals surface area contributed by atoms with Crippen LogP contribution in [-0.2, 0) is 16.1 Å². The maximum atomic E-state index is 10.6. The summed E-state index contributed by atoms with van der Waals surface area (Å²) in [5.74, 6) is -2.76. The maximum absolute atomic E-state index is 10.6. The van der Waals surface area contributed by atoms with Crippen molar-refractivity contribution < 1.29 is 27.8 Å². The van der Waals surface area contributed by atoms with Gasteiger partial charge in [-0.15, -0.1) is 0 Å². The van der Waals surface area contributed by atoms with Crippen LogP contribution in [0.25, 0.3) is 0 Å². The van der Waals surface area contributed by atoms with E-state index in [9.17, 15) is 13.2 Å². The number of hydrogen-bond donors (Lipinski definition) is 1. The van der Waals surface area contributed by atoms with Crippen molar-refractivity contribution in [3.63, 3.8) is 0 Å². The third-order valence-corrected chi connectivity index (χ3v) is 1.40. The van der Waals surface area contributed by atoms with E-state index in [1.165, 1.54) is 5.56 Å². The fourth-order valence-electron chi connectivity index (χ4n) is 0.741. The van der Waals surface area contributed by atoms with Crippen molar-refractivity contribution in [3.05, 3.63) is 35.9 Å². The molecule has 16 heavy (non-hydrogen) atoms. The lowest BCUT2D eigenvalue weighted by molar-refractivity contribution is -0.192. The molecule has 0 heterocycles. The minimum absolute atomic E-state index is 0.709. The van der Waals surface area contributed by atoms with Crippen LogP contribution in [0.15, 0.2) is 30.3 Å². The average molecular weight is 236 g/mol. The van der Waals surface area contributed by atoms with Gasteiger partial charge in [0, 0.05) is 7.11 Å². The molecule has 1 aromatic carbocycles. The van der Waals surface area contributed by atoms with E-state index < -0.39 is 12.1 Å². The zero-order valence-electron chi connectivity index (χ0n) is 8.49. The van der Waals surface area contributed by atoms with Crippen molar-refractivity contribution in [2.24, 2.45) is 0 Å². The van der Waals surface area contributed by atoms with Gasteiger partial charge in [-0.25, -0.2) is 4.79 Å². The van der Waals surface area contributed by atoms with Gasteiger partial charge in [-0.05, 0) is 5.56 Å². The van der Waals surface area contributed by atoms with Gasteiger partial charge in [0.1, 0.15) is 0 Å². The summed E-state index contributed by atoms with van der Waals surface area (Å²) in [5.41, 5.74) is 1.22. The molecule has 1 aromatic rings. The molecular weight excluding hydrogens is 225 g/mol. The van der Waals surface area contributed by atoms with Crippen LogP contribution >= 0.6 is 0 Å². The molecular formula is C10H11F3O3. The third kappa shape index (κ3) is 6.83. The molecule has 0 saturated carbocycles. The monoisotopic (exact) mass is 236 g/mol. The lowest BCUT2D eigenvalue weighted by atomic mass is 10.2. The summed E-state index contributed by atoms with van der Waals surface area (Å²) in [6, 6.07) is 10.1. The number of ether oxygens (including phenoxy) is 1. The highest BCUT2D eigenvalue weighted by Crippen LogP contribution is 2.13. The number of aliphatic carboxylic acids is 1. The van der Waals surface area contributed by atoms with E-state index in [1.54, 1.807) is 7.11 Å². The molecule has 0 atom stereocenters. The van der Waals surface area contributed by atoms with Crippen molar-refractivity contribution in [1.29, 1.82) is 0 Å². The topological polar surface area (TPSA) is 46.5 Å². The van der Waals surface area contributed by atoms with E-state index in [-0.39, 0.29) is 0 Å². The number of carboxylic acid groups (broad SMARTS) is 1. The number of alkyl halides is 3. The zero-order valence-corrected chi connectivity index (χ0v) is 8.49. The SMILES string of the molecule is COCc1ccccc1.O=C(O)C(F)(F)F. The number of carbonyl (C=O) groups is 1. The van der Waals surface area contributed by atoms with Gasteiger partial charge in [-0.3, -0.25) is 0 Å². The number of carboxylic acids is 1. The Kier molecular flexibility index (Phi) is 6.17. The fourth-order valence-corrected chi connectivity index (χ4v) is 0.741. The number of halogens is 3. The van der Waals surface area contributed by atoms with Gasteiger partial charge in [-0.2, -0.15) is 13.2 Å². The standard InChI is InChI=1S/C8H10O.C2HF3O2/c1-9-7-8-5-3-2-4-6-8;3-2(4,5)1(6)7/h2-6H,7H2,1H3;(H,6,7). The second-order valence-electron chi connectivity index (χ2n) is 2.72. The Bertz CT molecular complexity index is 309. The highest BCUT2D eigenvalue weighted by Gasteiger charge is 2.38. The summed E-state index contributed by atoms with van der Waals surface area (Å²) in [4.78, 5) is 8.90. The number of methoxy groups -OCH3 is 1. The quantitative estimate of drug-likeness (QED) is 0.857. The van der Waals surface area contributed by atoms with Crippen LogP contribution in [0.1, 0.15) is 5.56 Å². The van der Waals surface area contributed by atoms with Gasteiger partial charge in [0.15, 0.2) is 0 Å². The number of hydrogen-bond acceptors (Lipinski definition) is 2. The van der Waals surface area contributed by atoms with E-state index in [4.69, 9.17) is 14.6 Å². The van der Waals surface area contributed by atoms with Gasteiger partial charge < -0.3 is 9.84 Å². The van der Waals surface area contributed by atoms with Gasteiger partial charge in [0.2, 0.25) is 0 Å². The Morgan fingerprint density at radius 3 is 2.06 bits per heavy atom. The Labute approximate surface area is 90.5 Å². The van der Waals surface area contributed by atoms with Crippen molar-refractivity contribution in [2.75, 3.05) is 7.11 Å². The lowest BCUT2D eigenvalue weighted by Gasteiger charge is -1.95. The summed E-state index contributed by atoms with van der Waals surface area (Å²) < 4.78 is 36.7. The Hall–Kier alpha value is -1.56.